The van der Waals surface area contributed by atoms with Crippen molar-refractivity contribution < 1.29 is 22.7 Å². The number of nitrogen functional groups attached to an aromatic ring is 1. The van der Waals surface area contributed by atoms with Gasteiger partial charge in [-0.2, -0.15) is 13.2 Å². The summed E-state index contributed by atoms with van der Waals surface area (Å²) in [5.74, 6) is -0.500. The van der Waals surface area contributed by atoms with E-state index < -0.39 is 17.8 Å². The monoisotopic (exact) mass is 352 g/mol. The Balaban J connectivity index is 1.87. The van der Waals surface area contributed by atoms with Crippen LogP contribution in [0, 0.1) is 0 Å². The first kappa shape index (κ1) is 18.6. The predicted molar refractivity (Wildman–Crippen MR) is 89.1 cm³/mol. The third-order valence-electron chi connectivity index (χ3n) is 3.43. The van der Waals surface area contributed by atoms with Crippen LogP contribution in [0.1, 0.15) is 18.1 Å². The maximum atomic E-state index is 12.9. The summed E-state index contributed by atoms with van der Waals surface area (Å²) in [6.45, 7) is 1.59. The van der Waals surface area contributed by atoms with Crippen LogP contribution in [0.2, 0.25) is 0 Å². The molecule has 0 spiro atoms. The van der Waals surface area contributed by atoms with Crippen LogP contribution in [0.15, 0.2) is 48.5 Å². The number of benzene rings is 2. The van der Waals surface area contributed by atoms with E-state index in [4.69, 9.17) is 10.5 Å². The van der Waals surface area contributed by atoms with Crippen molar-refractivity contribution in [3.63, 3.8) is 0 Å². The van der Waals surface area contributed by atoms with Crippen molar-refractivity contribution in [2.75, 3.05) is 12.3 Å². The van der Waals surface area contributed by atoms with Gasteiger partial charge < -0.3 is 15.8 Å². The molecule has 0 radical (unpaired) electrons. The Morgan fingerprint density at radius 1 is 1.16 bits per heavy atom. The van der Waals surface area contributed by atoms with Gasteiger partial charge in [-0.15, -0.1) is 0 Å². The molecule has 0 aliphatic rings. The van der Waals surface area contributed by atoms with Crippen molar-refractivity contribution in [1.82, 2.24) is 5.32 Å². The summed E-state index contributed by atoms with van der Waals surface area (Å²) in [4.78, 5) is 12.0. The van der Waals surface area contributed by atoms with Gasteiger partial charge in [0.05, 0.1) is 18.0 Å². The van der Waals surface area contributed by atoms with E-state index in [9.17, 15) is 18.0 Å². The van der Waals surface area contributed by atoms with Crippen LogP contribution in [0.4, 0.5) is 18.9 Å². The summed E-state index contributed by atoms with van der Waals surface area (Å²) in [5, 5.41) is 2.69. The van der Waals surface area contributed by atoms with Gasteiger partial charge >= 0.3 is 6.18 Å². The number of carbonyl (C=O) groups is 1. The summed E-state index contributed by atoms with van der Waals surface area (Å²) in [5.41, 5.74) is 6.14. The molecule has 7 heteroatoms. The second-order valence-corrected chi connectivity index (χ2v) is 5.69. The van der Waals surface area contributed by atoms with E-state index in [1.165, 1.54) is 18.2 Å². The highest BCUT2D eigenvalue weighted by molar-refractivity contribution is 5.78. The number of ether oxygens (including phenoxy) is 1. The van der Waals surface area contributed by atoms with Crippen molar-refractivity contribution in [3.8, 4) is 5.75 Å². The second kappa shape index (κ2) is 7.92. The Hall–Kier alpha value is -2.70. The summed E-state index contributed by atoms with van der Waals surface area (Å²) in [6, 6.07) is 11.4. The van der Waals surface area contributed by atoms with Crippen LogP contribution in [0.5, 0.6) is 5.75 Å². The Kier molecular flexibility index (Phi) is 5.90. The lowest BCUT2D eigenvalue weighted by atomic mass is 10.1. The van der Waals surface area contributed by atoms with Crippen molar-refractivity contribution in [3.05, 3.63) is 59.7 Å². The normalized spacial score (nSPS) is 12.5. The maximum absolute atomic E-state index is 12.9. The molecule has 4 nitrogen and oxygen atoms in total. The lowest BCUT2D eigenvalue weighted by molar-refractivity contribution is -0.139. The topological polar surface area (TPSA) is 64.3 Å². The minimum Gasteiger partial charge on any atom is -0.491 e. The molecular formula is C18H19F3N2O2. The van der Waals surface area contributed by atoms with Crippen LogP contribution in [-0.4, -0.2) is 18.6 Å². The fourth-order valence-corrected chi connectivity index (χ4v) is 2.23. The molecular weight excluding hydrogens is 333 g/mol. The molecule has 1 amide bonds. The van der Waals surface area contributed by atoms with E-state index >= 15 is 0 Å². The quantitative estimate of drug-likeness (QED) is 0.783. The fraction of sp³-hybridized carbons (Fsp3) is 0.278. The number of para-hydroxylation sites is 1. The zero-order valence-electron chi connectivity index (χ0n) is 13.6. The highest BCUT2D eigenvalue weighted by Crippen LogP contribution is 2.35. The molecule has 0 aliphatic carbocycles. The summed E-state index contributed by atoms with van der Waals surface area (Å²) < 4.78 is 43.9. The van der Waals surface area contributed by atoms with Crippen molar-refractivity contribution in [2.24, 2.45) is 0 Å². The van der Waals surface area contributed by atoms with Gasteiger partial charge in [-0.05, 0) is 36.8 Å². The zero-order chi connectivity index (χ0) is 18.4. The van der Waals surface area contributed by atoms with E-state index in [1.807, 2.05) is 0 Å². The van der Waals surface area contributed by atoms with Crippen LogP contribution in [0.25, 0.3) is 0 Å². The van der Waals surface area contributed by atoms with Gasteiger partial charge in [0.25, 0.3) is 0 Å². The molecule has 25 heavy (non-hydrogen) atoms. The Labute approximate surface area is 143 Å². The van der Waals surface area contributed by atoms with Gasteiger partial charge in [0.2, 0.25) is 5.91 Å². The number of hydrogen-bond donors (Lipinski definition) is 2. The standard InChI is InChI=1S/C18H19F3N2O2/c1-12(23-17(24)10-13-6-8-14(22)9-7-13)11-25-16-5-3-2-4-15(16)18(19,20)21/h2-9,12H,10-11,22H2,1H3,(H,23,24). The van der Waals surface area contributed by atoms with Crippen LogP contribution in [-0.2, 0) is 17.4 Å². The molecule has 0 fully saturated rings. The summed E-state index contributed by atoms with van der Waals surface area (Å²) in [7, 11) is 0. The molecule has 0 heterocycles. The van der Waals surface area contributed by atoms with Gasteiger partial charge in [-0.25, -0.2) is 0 Å². The molecule has 3 N–H and O–H groups in total. The molecule has 2 aromatic rings. The minimum absolute atomic E-state index is 0.0689. The first-order chi connectivity index (χ1) is 11.8. The van der Waals surface area contributed by atoms with Crippen LogP contribution < -0.4 is 15.8 Å². The molecule has 134 valence electrons. The zero-order valence-corrected chi connectivity index (χ0v) is 13.6. The van der Waals surface area contributed by atoms with Gasteiger partial charge in [-0.1, -0.05) is 24.3 Å². The highest BCUT2D eigenvalue weighted by atomic mass is 19.4. The van der Waals surface area contributed by atoms with E-state index in [0.717, 1.165) is 11.6 Å². The average Bonchev–Trinajstić information content (AvgIpc) is 2.54. The van der Waals surface area contributed by atoms with Gasteiger partial charge in [0.1, 0.15) is 12.4 Å². The van der Waals surface area contributed by atoms with Crippen molar-refractivity contribution >= 4 is 11.6 Å². The number of rotatable bonds is 6. The number of carbonyl (C=O) groups excluding carboxylic acids is 1. The molecule has 1 unspecified atom stereocenters. The third-order valence-corrected chi connectivity index (χ3v) is 3.43. The lowest BCUT2D eigenvalue weighted by Crippen LogP contribution is -2.37. The first-order valence-corrected chi connectivity index (χ1v) is 7.68. The largest absolute Gasteiger partial charge is 0.491 e. The summed E-state index contributed by atoms with van der Waals surface area (Å²) >= 11 is 0. The molecule has 0 saturated carbocycles. The van der Waals surface area contributed by atoms with Crippen LogP contribution in [0.3, 0.4) is 0 Å². The van der Waals surface area contributed by atoms with E-state index in [-0.39, 0.29) is 24.7 Å². The second-order valence-electron chi connectivity index (χ2n) is 5.69. The first-order valence-electron chi connectivity index (χ1n) is 7.68. The predicted octanol–water partition coefficient (Wildman–Crippen LogP) is 3.41. The molecule has 0 saturated heterocycles. The number of nitrogens with two attached hydrogens (primary N) is 1. The summed E-state index contributed by atoms with van der Waals surface area (Å²) in [6.07, 6.45) is -4.33. The number of hydrogen-bond acceptors (Lipinski definition) is 3. The molecule has 0 aliphatic heterocycles. The Morgan fingerprint density at radius 2 is 1.80 bits per heavy atom. The van der Waals surface area contributed by atoms with E-state index in [0.29, 0.717) is 5.69 Å². The van der Waals surface area contributed by atoms with E-state index in [2.05, 4.69) is 5.32 Å². The molecule has 0 bridgehead atoms. The van der Waals surface area contributed by atoms with Gasteiger partial charge in [0.15, 0.2) is 0 Å². The number of anilines is 1. The van der Waals surface area contributed by atoms with Gasteiger partial charge in [-0.3, -0.25) is 4.79 Å². The highest BCUT2D eigenvalue weighted by Gasteiger charge is 2.34. The number of nitrogens with one attached hydrogen (secondary N) is 1. The SMILES string of the molecule is CC(COc1ccccc1C(F)(F)F)NC(=O)Cc1ccc(N)cc1. The molecule has 2 aromatic carbocycles. The number of amides is 1. The smallest absolute Gasteiger partial charge is 0.419 e. The Morgan fingerprint density at radius 3 is 2.44 bits per heavy atom. The molecule has 2 rings (SSSR count). The van der Waals surface area contributed by atoms with E-state index in [1.54, 1.807) is 31.2 Å². The number of halogens is 3. The van der Waals surface area contributed by atoms with Crippen molar-refractivity contribution in [2.45, 2.75) is 25.6 Å². The maximum Gasteiger partial charge on any atom is 0.419 e. The average molecular weight is 352 g/mol. The number of alkyl halides is 3. The lowest BCUT2D eigenvalue weighted by Gasteiger charge is -2.18. The third kappa shape index (κ3) is 5.70. The van der Waals surface area contributed by atoms with Gasteiger partial charge in [0, 0.05) is 5.69 Å². The Bertz CT molecular complexity index is 715. The van der Waals surface area contributed by atoms with Crippen molar-refractivity contribution in [1.29, 1.82) is 0 Å². The molecule has 1 atom stereocenters. The molecule has 0 aromatic heterocycles. The fourth-order valence-electron chi connectivity index (χ4n) is 2.23. The minimum atomic E-state index is -4.49. The van der Waals surface area contributed by atoms with Crippen LogP contribution >= 0.6 is 0 Å².